The summed E-state index contributed by atoms with van der Waals surface area (Å²) in [5, 5.41) is 13.4. The minimum absolute atomic E-state index is 0.109. The molecule has 6 nitrogen and oxygen atoms in total. The summed E-state index contributed by atoms with van der Waals surface area (Å²) in [6.45, 7) is 0. The highest BCUT2D eigenvalue weighted by Crippen LogP contribution is 2.29. The van der Waals surface area contributed by atoms with Gasteiger partial charge >= 0.3 is 12.0 Å². The predicted molar refractivity (Wildman–Crippen MR) is 75.7 cm³/mol. The number of benzene rings is 1. The van der Waals surface area contributed by atoms with Gasteiger partial charge in [-0.05, 0) is 30.4 Å². The highest BCUT2D eigenvalue weighted by molar-refractivity contribution is 5.95. The third kappa shape index (κ3) is 4.30. The summed E-state index contributed by atoms with van der Waals surface area (Å²) in [6, 6.07) is 7.23. The molecular weight excluding hydrogens is 272 g/mol. The maximum Gasteiger partial charge on any atom is 0.321 e. The number of urea groups is 1. The first-order valence-corrected chi connectivity index (χ1v) is 6.96. The molecule has 0 saturated heterocycles. The Balaban J connectivity index is 1.89. The van der Waals surface area contributed by atoms with Crippen molar-refractivity contribution >= 4 is 17.9 Å². The predicted octanol–water partition coefficient (Wildman–Crippen LogP) is 1.75. The van der Waals surface area contributed by atoms with Crippen LogP contribution in [-0.2, 0) is 16.0 Å². The van der Waals surface area contributed by atoms with Crippen LogP contribution in [0.3, 0.4) is 0 Å². The molecule has 3 amide bonds. The van der Waals surface area contributed by atoms with Gasteiger partial charge in [-0.1, -0.05) is 24.3 Å². The molecule has 0 spiro atoms. The summed E-state index contributed by atoms with van der Waals surface area (Å²) in [6.07, 6.45) is 2.31. The Kier molecular flexibility index (Phi) is 4.92. The standard InChI is InChI=1S/C15H18N2O4/c18-13(8-9-14(19)20)17-15(21)16-12-7-3-5-10-4-1-2-6-11(10)12/h1-2,4,6,12H,3,5,7-9H2,(H,19,20)(H2,16,17,18,21). The summed E-state index contributed by atoms with van der Waals surface area (Å²) in [7, 11) is 0. The lowest BCUT2D eigenvalue weighted by molar-refractivity contribution is -0.138. The summed E-state index contributed by atoms with van der Waals surface area (Å²) < 4.78 is 0. The first kappa shape index (κ1) is 15.0. The monoisotopic (exact) mass is 290 g/mol. The van der Waals surface area contributed by atoms with Crippen LogP contribution in [0, 0.1) is 0 Å². The first-order valence-electron chi connectivity index (χ1n) is 6.96. The van der Waals surface area contributed by atoms with Crippen LogP contribution in [0.2, 0.25) is 0 Å². The van der Waals surface area contributed by atoms with Gasteiger partial charge in [0.15, 0.2) is 0 Å². The van der Waals surface area contributed by atoms with E-state index in [1.54, 1.807) is 0 Å². The maximum absolute atomic E-state index is 11.8. The Bertz CT molecular complexity index is 556. The van der Waals surface area contributed by atoms with E-state index >= 15 is 0 Å². The number of rotatable bonds is 4. The van der Waals surface area contributed by atoms with E-state index in [-0.39, 0.29) is 18.9 Å². The normalized spacial score (nSPS) is 16.7. The fraction of sp³-hybridized carbons (Fsp3) is 0.400. The maximum atomic E-state index is 11.8. The van der Waals surface area contributed by atoms with Crippen molar-refractivity contribution in [1.82, 2.24) is 10.6 Å². The molecule has 2 rings (SSSR count). The number of fused-ring (bicyclic) bond motifs is 1. The molecule has 0 heterocycles. The third-order valence-electron chi connectivity index (χ3n) is 3.49. The zero-order valence-electron chi connectivity index (χ0n) is 11.6. The van der Waals surface area contributed by atoms with Crippen LogP contribution in [0.4, 0.5) is 4.79 Å². The largest absolute Gasteiger partial charge is 0.481 e. The summed E-state index contributed by atoms with van der Waals surface area (Å²) >= 11 is 0. The fourth-order valence-corrected chi connectivity index (χ4v) is 2.51. The SMILES string of the molecule is O=C(O)CCC(=O)NC(=O)NC1CCCc2ccccc21. The van der Waals surface area contributed by atoms with Gasteiger partial charge in [0.2, 0.25) is 5.91 Å². The Morgan fingerprint density at radius 3 is 2.71 bits per heavy atom. The Morgan fingerprint density at radius 1 is 1.19 bits per heavy atom. The quantitative estimate of drug-likeness (QED) is 0.787. The lowest BCUT2D eigenvalue weighted by Crippen LogP contribution is -2.42. The zero-order chi connectivity index (χ0) is 15.2. The number of aliphatic carboxylic acids is 1. The highest BCUT2D eigenvalue weighted by atomic mass is 16.4. The summed E-state index contributed by atoms with van der Waals surface area (Å²) in [5.74, 6) is -1.65. The topological polar surface area (TPSA) is 95.5 Å². The number of carboxylic acids is 1. The molecule has 0 saturated carbocycles. The molecule has 6 heteroatoms. The van der Waals surface area contributed by atoms with E-state index in [4.69, 9.17) is 5.11 Å². The summed E-state index contributed by atoms with van der Waals surface area (Å²) in [4.78, 5) is 33.6. The Labute approximate surface area is 122 Å². The number of imide groups is 1. The number of carbonyl (C=O) groups is 3. The third-order valence-corrected chi connectivity index (χ3v) is 3.49. The number of carboxylic acid groups (broad SMARTS) is 1. The number of aryl methyl sites for hydroxylation is 1. The van der Waals surface area contributed by atoms with E-state index in [1.165, 1.54) is 5.56 Å². The second-order valence-electron chi connectivity index (χ2n) is 5.06. The number of hydrogen-bond acceptors (Lipinski definition) is 3. The van der Waals surface area contributed by atoms with E-state index in [0.717, 1.165) is 24.8 Å². The van der Waals surface area contributed by atoms with Gasteiger partial charge in [-0.3, -0.25) is 14.9 Å². The van der Waals surface area contributed by atoms with Gasteiger partial charge in [-0.25, -0.2) is 4.79 Å². The van der Waals surface area contributed by atoms with Gasteiger partial charge in [0, 0.05) is 6.42 Å². The Hall–Kier alpha value is -2.37. The second kappa shape index (κ2) is 6.88. The summed E-state index contributed by atoms with van der Waals surface area (Å²) in [5.41, 5.74) is 2.29. The number of hydrogen-bond donors (Lipinski definition) is 3. The molecule has 1 aliphatic carbocycles. The van der Waals surface area contributed by atoms with E-state index in [2.05, 4.69) is 10.6 Å². The van der Waals surface area contributed by atoms with Crippen molar-refractivity contribution in [2.45, 2.75) is 38.1 Å². The van der Waals surface area contributed by atoms with Crippen LogP contribution in [0.1, 0.15) is 42.9 Å². The van der Waals surface area contributed by atoms with Gasteiger partial charge in [-0.15, -0.1) is 0 Å². The van der Waals surface area contributed by atoms with E-state index < -0.39 is 17.9 Å². The molecule has 112 valence electrons. The van der Waals surface area contributed by atoms with Gasteiger partial charge in [-0.2, -0.15) is 0 Å². The average molecular weight is 290 g/mol. The molecule has 0 bridgehead atoms. The molecule has 0 fully saturated rings. The average Bonchev–Trinajstić information content (AvgIpc) is 2.45. The lowest BCUT2D eigenvalue weighted by Gasteiger charge is -2.26. The minimum Gasteiger partial charge on any atom is -0.481 e. The van der Waals surface area contributed by atoms with E-state index in [1.807, 2.05) is 24.3 Å². The lowest BCUT2D eigenvalue weighted by atomic mass is 9.88. The van der Waals surface area contributed by atoms with Crippen molar-refractivity contribution in [1.29, 1.82) is 0 Å². The highest BCUT2D eigenvalue weighted by Gasteiger charge is 2.21. The fourth-order valence-electron chi connectivity index (χ4n) is 2.51. The Morgan fingerprint density at radius 2 is 1.95 bits per heavy atom. The van der Waals surface area contributed by atoms with Gasteiger partial charge < -0.3 is 10.4 Å². The van der Waals surface area contributed by atoms with E-state index in [0.29, 0.717) is 0 Å². The van der Waals surface area contributed by atoms with Crippen LogP contribution in [-0.4, -0.2) is 23.0 Å². The van der Waals surface area contributed by atoms with Gasteiger partial charge in [0.25, 0.3) is 0 Å². The molecule has 0 aromatic heterocycles. The zero-order valence-corrected chi connectivity index (χ0v) is 11.6. The van der Waals surface area contributed by atoms with Crippen LogP contribution in [0.25, 0.3) is 0 Å². The molecule has 1 unspecified atom stereocenters. The van der Waals surface area contributed by atoms with Crippen molar-refractivity contribution in [3.63, 3.8) is 0 Å². The van der Waals surface area contributed by atoms with E-state index in [9.17, 15) is 14.4 Å². The van der Waals surface area contributed by atoms with Crippen LogP contribution >= 0.6 is 0 Å². The number of amides is 3. The van der Waals surface area contributed by atoms with Crippen LogP contribution in [0.15, 0.2) is 24.3 Å². The van der Waals surface area contributed by atoms with Crippen molar-refractivity contribution < 1.29 is 19.5 Å². The van der Waals surface area contributed by atoms with Crippen molar-refractivity contribution in [2.24, 2.45) is 0 Å². The van der Waals surface area contributed by atoms with Crippen LogP contribution < -0.4 is 10.6 Å². The van der Waals surface area contributed by atoms with Crippen LogP contribution in [0.5, 0.6) is 0 Å². The molecule has 1 aliphatic rings. The van der Waals surface area contributed by atoms with Gasteiger partial charge in [0.1, 0.15) is 0 Å². The second-order valence-corrected chi connectivity index (χ2v) is 5.06. The molecule has 0 aliphatic heterocycles. The first-order chi connectivity index (χ1) is 10.1. The number of nitrogens with one attached hydrogen (secondary N) is 2. The van der Waals surface area contributed by atoms with Crippen molar-refractivity contribution in [2.75, 3.05) is 0 Å². The molecule has 1 aromatic carbocycles. The van der Waals surface area contributed by atoms with Gasteiger partial charge in [0.05, 0.1) is 12.5 Å². The molecule has 21 heavy (non-hydrogen) atoms. The van der Waals surface area contributed by atoms with Crippen molar-refractivity contribution in [3.05, 3.63) is 35.4 Å². The molecular formula is C15H18N2O4. The molecule has 3 N–H and O–H groups in total. The molecule has 1 aromatic rings. The minimum atomic E-state index is -1.06. The number of carbonyl (C=O) groups excluding carboxylic acids is 2. The molecule has 1 atom stereocenters. The molecule has 0 radical (unpaired) electrons. The van der Waals surface area contributed by atoms with Crippen molar-refractivity contribution in [3.8, 4) is 0 Å². The smallest absolute Gasteiger partial charge is 0.321 e.